The summed E-state index contributed by atoms with van der Waals surface area (Å²) in [5.41, 5.74) is 0.808. The molecule has 2 saturated heterocycles. The summed E-state index contributed by atoms with van der Waals surface area (Å²) in [7, 11) is 1.90. The monoisotopic (exact) mass is 545 g/mol. The Bertz CT molecular complexity index is 674. The van der Waals surface area contributed by atoms with E-state index < -0.39 is 0 Å². The van der Waals surface area contributed by atoms with Crippen LogP contribution in [0.4, 0.5) is 4.39 Å². The highest BCUT2D eigenvalue weighted by atomic mass is 127. The van der Waals surface area contributed by atoms with Crippen molar-refractivity contribution in [3.63, 3.8) is 0 Å². The Kier molecular flexibility index (Phi) is 11.5. The third-order valence-corrected chi connectivity index (χ3v) is 6.82. The summed E-state index contributed by atoms with van der Waals surface area (Å²) in [5.74, 6) is 2.37. The predicted octanol–water partition coefficient (Wildman–Crippen LogP) is 3.89. The Labute approximate surface area is 205 Å². The highest BCUT2D eigenvalue weighted by Gasteiger charge is 2.27. The zero-order chi connectivity index (χ0) is 21.3. The minimum absolute atomic E-state index is 0. The van der Waals surface area contributed by atoms with E-state index in [2.05, 4.69) is 38.9 Å². The largest absolute Gasteiger partial charge is 0.356 e. The summed E-state index contributed by atoms with van der Waals surface area (Å²) in [6, 6.07) is 7.14. The van der Waals surface area contributed by atoms with Gasteiger partial charge in [0.25, 0.3) is 0 Å². The Morgan fingerprint density at radius 3 is 2.42 bits per heavy atom. The van der Waals surface area contributed by atoms with E-state index in [9.17, 15) is 4.39 Å². The Hall–Kier alpha value is -0.930. The van der Waals surface area contributed by atoms with Gasteiger partial charge in [0.2, 0.25) is 0 Å². The van der Waals surface area contributed by atoms with Crippen LogP contribution in [-0.2, 0) is 6.54 Å². The average Bonchev–Trinajstić information content (AvgIpc) is 3.23. The standard InChI is InChI=1S/C24H40FN5.HI/c1-4-28(5-2)17-21-12-15-30(18-21)24(26-3)27-16-20-10-13-29(14-11-20)19-22-8-6-7-9-23(22)25;/h6-9,20-21H,4-5,10-19H2,1-3H3,(H,26,27);1H. The topological polar surface area (TPSA) is 34.1 Å². The molecule has 0 radical (unpaired) electrons. The van der Waals surface area contributed by atoms with Crippen molar-refractivity contribution < 1.29 is 4.39 Å². The molecule has 1 unspecified atom stereocenters. The molecular formula is C24H41FIN5. The van der Waals surface area contributed by atoms with Crippen molar-refractivity contribution in [2.24, 2.45) is 16.8 Å². The molecule has 1 N–H and O–H groups in total. The number of benzene rings is 1. The van der Waals surface area contributed by atoms with Crippen LogP contribution < -0.4 is 5.32 Å². The quantitative estimate of drug-likeness (QED) is 0.306. The lowest BCUT2D eigenvalue weighted by atomic mass is 9.96. The smallest absolute Gasteiger partial charge is 0.193 e. The molecule has 7 heteroatoms. The maximum Gasteiger partial charge on any atom is 0.193 e. The predicted molar refractivity (Wildman–Crippen MR) is 139 cm³/mol. The number of likely N-dealkylation sites (tertiary alicyclic amines) is 2. The van der Waals surface area contributed by atoms with Crippen LogP contribution in [0.5, 0.6) is 0 Å². The van der Waals surface area contributed by atoms with E-state index in [1.165, 1.54) is 13.0 Å². The van der Waals surface area contributed by atoms with Gasteiger partial charge in [-0.15, -0.1) is 24.0 Å². The molecule has 176 valence electrons. The number of rotatable bonds is 8. The van der Waals surface area contributed by atoms with Gasteiger partial charge in [0.15, 0.2) is 5.96 Å². The summed E-state index contributed by atoms with van der Waals surface area (Å²) in [5, 5.41) is 3.64. The first-order valence-electron chi connectivity index (χ1n) is 11.8. The molecule has 0 aromatic heterocycles. The second-order valence-corrected chi connectivity index (χ2v) is 8.83. The first-order valence-corrected chi connectivity index (χ1v) is 11.8. The second kappa shape index (κ2) is 13.6. The van der Waals surface area contributed by atoms with Crippen molar-refractivity contribution in [2.45, 2.75) is 39.7 Å². The number of nitrogens with one attached hydrogen (secondary N) is 1. The molecule has 0 amide bonds. The maximum absolute atomic E-state index is 13.9. The lowest BCUT2D eigenvalue weighted by Gasteiger charge is -2.33. The molecule has 2 heterocycles. The number of piperidine rings is 1. The minimum Gasteiger partial charge on any atom is -0.356 e. The zero-order valence-electron chi connectivity index (χ0n) is 19.5. The number of guanidine groups is 1. The highest BCUT2D eigenvalue weighted by molar-refractivity contribution is 14.0. The molecule has 2 aliphatic heterocycles. The van der Waals surface area contributed by atoms with Crippen molar-refractivity contribution in [2.75, 3.05) is 59.4 Å². The van der Waals surface area contributed by atoms with E-state index in [1.807, 2.05) is 19.2 Å². The van der Waals surface area contributed by atoms with Crippen molar-refractivity contribution >= 4 is 29.9 Å². The van der Waals surface area contributed by atoms with Gasteiger partial charge in [0, 0.05) is 45.3 Å². The van der Waals surface area contributed by atoms with Gasteiger partial charge in [0.1, 0.15) is 5.82 Å². The summed E-state index contributed by atoms with van der Waals surface area (Å²) in [6.45, 7) is 13.9. The fourth-order valence-corrected chi connectivity index (χ4v) is 4.81. The third kappa shape index (κ3) is 7.86. The van der Waals surface area contributed by atoms with E-state index in [0.29, 0.717) is 5.92 Å². The van der Waals surface area contributed by atoms with Crippen molar-refractivity contribution in [1.29, 1.82) is 0 Å². The summed E-state index contributed by atoms with van der Waals surface area (Å²) in [6.07, 6.45) is 3.57. The molecule has 0 aliphatic carbocycles. The lowest BCUT2D eigenvalue weighted by molar-refractivity contribution is 0.176. The van der Waals surface area contributed by atoms with E-state index in [1.54, 1.807) is 12.1 Å². The molecule has 1 aromatic carbocycles. The van der Waals surface area contributed by atoms with E-state index in [0.717, 1.165) is 82.6 Å². The zero-order valence-corrected chi connectivity index (χ0v) is 21.9. The highest BCUT2D eigenvalue weighted by Crippen LogP contribution is 2.21. The Balaban J connectivity index is 0.00000341. The molecule has 1 aromatic rings. The van der Waals surface area contributed by atoms with Crippen LogP contribution in [0.2, 0.25) is 0 Å². The third-order valence-electron chi connectivity index (χ3n) is 6.82. The van der Waals surface area contributed by atoms with Crippen LogP contribution >= 0.6 is 24.0 Å². The Morgan fingerprint density at radius 2 is 1.77 bits per heavy atom. The molecule has 1 atom stereocenters. The number of nitrogens with zero attached hydrogens (tertiary/aromatic N) is 4. The van der Waals surface area contributed by atoms with Crippen molar-refractivity contribution in [1.82, 2.24) is 20.0 Å². The number of hydrogen-bond donors (Lipinski definition) is 1. The fraction of sp³-hybridized carbons (Fsp3) is 0.708. The second-order valence-electron chi connectivity index (χ2n) is 8.83. The van der Waals surface area contributed by atoms with Gasteiger partial charge < -0.3 is 15.1 Å². The Morgan fingerprint density at radius 1 is 1.10 bits per heavy atom. The van der Waals surface area contributed by atoms with E-state index >= 15 is 0 Å². The van der Waals surface area contributed by atoms with Gasteiger partial charge >= 0.3 is 0 Å². The molecule has 2 aliphatic rings. The summed E-state index contributed by atoms with van der Waals surface area (Å²) in [4.78, 5) is 11.9. The van der Waals surface area contributed by atoms with E-state index in [4.69, 9.17) is 0 Å². The van der Waals surface area contributed by atoms with Crippen LogP contribution in [0, 0.1) is 17.7 Å². The van der Waals surface area contributed by atoms with Crippen LogP contribution in [0.15, 0.2) is 29.3 Å². The summed E-state index contributed by atoms with van der Waals surface area (Å²) >= 11 is 0. The van der Waals surface area contributed by atoms with Gasteiger partial charge in [-0.2, -0.15) is 0 Å². The first-order chi connectivity index (χ1) is 14.6. The van der Waals surface area contributed by atoms with Crippen LogP contribution in [0.3, 0.4) is 0 Å². The average molecular weight is 546 g/mol. The number of hydrogen-bond acceptors (Lipinski definition) is 3. The van der Waals surface area contributed by atoms with Gasteiger partial charge in [-0.3, -0.25) is 9.89 Å². The molecule has 2 fully saturated rings. The molecule has 31 heavy (non-hydrogen) atoms. The van der Waals surface area contributed by atoms with Gasteiger partial charge in [-0.1, -0.05) is 32.0 Å². The fourth-order valence-electron chi connectivity index (χ4n) is 4.81. The van der Waals surface area contributed by atoms with Crippen molar-refractivity contribution in [3.05, 3.63) is 35.6 Å². The van der Waals surface area contributed by atoms with E-state index in [-0.39, 0.29) is 29.8 Å². The first kappa shape index (κ1) is 26.3. The molecule has 0 bridgehead atoms. The maximum atomic E-state index is 13.9. The molecule has 3 rings (SSSR count). The minimum atomic E-state index is -0.0880. The normalized spacial score (nSPS) is 20.9. The van der Waals surface area contributed by atoms with Crippen LogP contribution in [0.25, 0.3) is 0 Å². The molecular weight excluding hydrogens is 504 g/mol. The molecule has 0 saturated carbocycles. The number of halogens is 2. The van der Waals surface area contributed by atoms with Gasteiger partial charge in [-0.25, -0.2) is 4.39 Å². The van der Waals surface area contributed by atoms with Crippen molar-refractivity contribution in [3.8, 4) is 0 Å². The molecule has 5 nitrogen and oxygen atoms in total. The lowest BCUT2D eigenvalue weighted by Crippen LogP contribution is -2.44. The number of aliphatic imine (C=N–C) groups is 1. The van der Waals surface area contributed by atoms with Crippen LogP contribution in [-0.4, -0.2) is 80.1 Å². The van der Waals surface area contributed by atoms with Crippen LogP contribution in [0.1, 0.15) is 38.7 Å². The van der Waals surface area contributed by atoms with Gasteiger partial charge in [-0.05, 0) is 63.3 Å². The molecule has 0 spiro atoms. The van der Waals surface area contributed by atoms with Gasteiger partial charge in [0.05, 0.1) is 0 Å². The SMILES string of the molecule is CCN(CC)CC1CCN(C(=NC)NCC2CCN(Cc3ccccc3F)CC2)C1.I. The summed E-state index contributed by atoms with van der Waals surface area (Å²) < 4.78 is 13.9.